The van der Waals surface area contributed by atoms with E-state index in [1.54, 1.807) is 0 Å². The van der Waals surface area contributed by atoms with Gasteiger partial charge >= 0.3 is 0 Å². The second-order valence-electron chi connectivity index (χ2n) is 23.9. The number of rotatable bonds is 4. The minimum absolute atomic E-state index is 1.11. The maximum absolute atomic E-state index is 2.55. The number of nitrogens with zero attached hydrogens (tertiary/aromatic N) is 4. The summed E-state index contributed by atoms with van der Waals surface area (Å²) in [6.07, 6.45) is 0. The highest BCUT2D eigenvalue weighted by molar-refractivity contribution is 6.28. The zero-order valence-electron chi connectivity index (χ0n) is 47.7. The first-order chi connectivity index (χ1) is 43.7. The van der Waals surface area contributed by atoms with Gasteiger partial charge in [-0.25, -0.2) is 0 Å². The van der Waals surface area contributed by atoms with Crippen LogP contribution in [0.15, 0.2) is 303 Å². The normalized spacial score (nSPS) is 12.3. The highest BCUT2D eigenvalue weighted by Gasteiger charge is 2.29. The first-order valence-corrected chi connectivity index (χ1v) is 30.5. The molecule has 0 bridgehead atoms. The number of benzene rings is 15. The Hall–Kier alpha value is -11.7. The highest BCUT2D eigenvalue weighted by Crippen LogP contribution is 2.54. The van der Waals surface area contributed by atoms with Crippen molar-refractivity contribution in [2.24, 2.45) is 0 Å². The van der Waals surface area contributed by atoms with Gasteiger partial charge in [-0.2, -0.15) is 0 Å². The van der Waals surface area contributed by atoms with Crippen LogP contribution in [0.25, 0.3) is 187 Å². The van der Waals surface area contributed by atoms with Crippen LogP contribution in [-0.4, -0.2) is 18.3 Å². The largest absolute Gasteiger partial charge is 0.309 e. The summed E-state index contributed by atoms with van der Waals surface area (Å²) in [7, 11) is 0. The lowest BCUT2D eigenvalue weighted by atomic mass is 9.78. The third kappa shape index (κ3) is 6.47. The molecule has 0 N–H and O–H groups in total. The summed E-state index contributed by atoms with van der Waals surface area (Å²) in [5.41, 5.74) is 23.5. The van der Waals surface area contributed by atoms with Gasteiger partial charge in [0.2, 0.25) is 0 Å². The fourth-order valence-electron chi connectivity index (χ4n) is 15.8. The van der Waals surface area contributed by atoms with Crippen molar-refractivity contribution in [2.75, 3.05) is 0 Å². The van der Waals surface area contributed by atoms with E-state index in [-0.39, 0.29) is 0 Å². The third-order valence-electron chi connectivity index (χ3n) is 19.5. The van der Waals surface area contributed by atoms with Gasteiger partial charge in [-0.3, -0.25) is 0 Å². The second kappa shape index (κ2) is 17.9. The number of hydrogen-bond donors (Lipinski definition) is 0. The molecule has 0 fully saturated rings. The van der Waals surface area contributed by atoms with Gasteiger partial charge < -0.3 is 18.3 Å². The van der Waals surface area contributed by atoms with Crippen molar-refractivity contribution in [2.45, 2.75) is 0 Å². The van der Waals surface area contributed by atoms with Gasteiger partial charge in [0.1, 0.15) is 0 Å². The molecule has 0 radical (unpaired) electrons. The summed E-state index contributed by atoms with van der Waals surface area (Å²) in [6, 6.07) is 114. The molecule has 88 heavy (non-hydrogen) atoms. The van der Waals surface area contributed by atoms with Gasteiger partial charge in [0.15, 0.2) is 0 Å². The van der Waals surface area contributed by atoms with Crippen molar-refractivity contribution < 1.29 is 0 Å². The Labute approximate surface area is 505 Å². The fraction of sp³-hybridized carbons (Fsp3) is 0. The Balaban J connectivity index is 0.876. The zero-order valence-corrected chi connectivity index (χ0v) is 47.7. The van der Waals surface area contributed by atoms with Crippen molar-refractivity contribution in [3.05, 3.63) is 303 Å². The van der Waals surface area contributed by atoms with Crippen molar-refractivity contribution in [1.82, 2.24) is 18.3 Å². The molecule has 0 unspecified atom stereocenters. The quantitative estimate of drug-likeness (QED) is 0.157. The van der Waals surface area contributed by atoms with E-state index in [4.69, 9.17) is 0 Å². The predicted octanol–water partition coefficient (Wildman–Crippen LogP) is 22.5. The smallest absolute Gasteiger partial charge is 0.0547 e. The van der Waals surface area contributed by atoms with Crippen LogP contribution in [0.1, 0.15) is 0 Å². The molecule has 4 aromatic heterocycles. The molecule has 15 aromatic carbocycles. The monoisotopic (exact) mass is 1110 g/mol. The topological polar surface area (TPSA) is 19.7 Å². The van der Waals surface area contributed by atoms with Crippen molar-refractivity contribution in [1.29, 1.82) is 0 Å². The van der Waals surface area contributed by atoms with Crippen LogP contribution in [0.3, 0.4) is 0 Å². The lowest BCUT2D eigenvalue weighted by molar-refractivity contribution is 1.16. The van der Waals surface area contributed by atoms with E-state index < -0.39 is 0 Å². The fourth-order valence-corrected chi connectivity index (χ4v) is 15.8. The van der Waals surface area contributed by atoms with Gasteiger partial charge in [0, 0.05) is 65.7 Å². The molecular weight excluding hydrogens is 1060 g/mol. The average Bonchev–Trinajstić information content (AvgIpc) is 1.11. The molecule has 0 saturated heterocycles. The molecular formula is C84H50N4. The molecule has 0 spiro atoms. The minimum atomic E-state index is 1.11. The van der Waals surface area contributed by atoms with Crippen molar-refractivity contribution >= 4 is 120 Å². The SMILES string of the molecule is c1ccc2c(c1)-c1ccc(-n3c4ccccc4c4cc(-n5c6ccccc6c6ccccc65)ccc43)cc1-c1cc3c4ccccc4c4ccccc4c3cc1-c1c-2cccc1-n1c2ccccc2c2cc(-n3c4ccccc4c4ccccc43)ccc21. The summed E-state index contributed by atoms with van der Waals surface area (Å²) in [5.74, 6) is 0. The molecule has 4 heterocycles. The molecule has 1 aliphatic carbocycles. The Morgan fingerprint density at radius 3 is 0.909 bits per heavy atom. The lowest BCUT2D eigenvalue weighted by Crippen LogP contribution is -2.04. The van der Waals surface area contributed by atoms with Crippen molar-refractivity contribution in [3.63, 3.8) is 0 Å². The van der Waals surface area contributed by atoms with Crippen LogP contribution >= 0.6 is 0 Å². The Morgan fingerprint density at radius 2 is 0.443 bits per heavy atom. The van der Waals surface area contributed by atoms with Crippen LogP contribution in [0, 0.1) is 0 Å². The Morgan fingerprint density at radius 1 is 0.148 bits per heavy atom. The van der Waals surface area contributed by atoms with E-state index in [2.05, 4.69) is 322 Å². The summed E-state index contributed by atoms with van der Waals surface area (Å²) in [5, 5.41) is 17.3. The third-order valence-corrected chi connectivity index (χ3v) is 19.5. The summed E-state index contributed by atoms with van der Waals surface area (Å²) in [6.45, 7) is 0. The van der Waals surface area contributed by atoms with Crippen LogP contribution in [0.5, 0.6) is 0 Å². The van der Waals surface area contributed by atoms with Crippen LogP contribution in [-0.2, 0) is 0 Å². The molecule has 20 rings (SSSR count). The first kappa shape index (κ1) is 47.6. The maximum Gasteiger partial charge on any atom is 0.0547 e. The zero-order chi connectivity index (χ0) is 57.3. The number of para-hydroxylation sites is 6. The van der Waals surface area contributed by atoms with E-state index in [1.807, 2.05) is 0 Å². The second-order valence-corrected chi connectivity index (χ2v) is 23.9. The standard InChI is InChI=1S/C84H50N4/c1-4-23-57-56(22-1)60-43-40-51(87-79-37-17-11-30-65(79)72-47-52(41-44-81(72)87)85-75-33-13-7-26-61(75)62-27-8-14-34-76(62)85)46-68(60)71-49-69-58-24-5-2-20-54(58)55-21-3-6-25-59(55)70(69)50-74(71)84-67(57)32-19-39-83(84)88-80-38-18-12-31-66(80)73-48-53(42-45-82(73)88)86-77-35-15-9-28-63(77)64-29-10-16-36-78(64)86/h1-50H. The molecule has 0 amide bonds. The maximum atomic E-state index is 2.55. The van der Waals surface area contributed by atoms with Gasteiger partial charge in [-0.05, 0) is 174 Å². The van der Waals surface area contributed by atoms with Crippen molar-refractivity contribution in [3.8, 4) is 67.3 Å². The van der Waals surface area contributed by atoms with Gasteiger partial charge in [-0.1, -0.05) is 200 Å². The molecule has 0 saturated carbocycles. The van der Waals surface area contributed by atoms with Gasteiger partial charge in [0.25, 0.3) is 0 Å². The lowest BCUT2D eigenvalue weighted by Gasteiger charge is -2.27. The molecule has 406 valence electrons. The number of hydrogen-bond acceptors (Lipinski definition) is 0. The highest BCUT2D eigenvalue weighted by atomic mass is 15.0. The molecule has 19 aromatic rings. The number of fused-ring (bicyclic) bond motifs is 26. The van der Waals surface area contributed by atoms with Crippen LogP contribution < -0.4 is 0 Å². The predicted molar refractivity (Wildman–Crippen MR) is 372 cm³/mol. The van der Waals surface area contributed by atoms with E-state index in [0.717, 1.165) is 39.3 Å². The molecule has 4 heteroatoms. The summed E-state index contributed by atoms with van der Waals surface area (Å²) in [4.78, 5) is 0. The Bertz CT molecular complexity index is 6150. The average molecular weight is 1120 g/mol. The molecule has 4 nitrogen and oxygen atoms in total. The summed E-state index contributed by atoms with van der Waals surface area (Å²) < 4.78 is 9.93. The van der Waals surface area contributed by atoms with Gasteiger partial charge in [-0.15, -0.1) is 0 Å². The first-order valence-electron chi connectivity index (χ1n) is 30.5. The minimum Gasteiger partial charge on any atom is -0.309 e. The molecule has 1 aliphatic rings. The van der Waals surface area contributed by atoms with E-state index in [1.165, 1.54) is 147 Å². The number of aromatic nitrogens is 4. The molecule has 0 atom stereocenters. The molecule has 0 aliphatic heterocycles. The van der Waals surface area contributed by atoms with E-state index >= 15 is 0 Å². The van der Waals surface area contributed by atoms with Gasteiger partial charge in [0.05, 0.1) is 49.8 Å². The summed E-state index contributed by atoms with van der Waals surface area (Å²) >= 11 is 0. The Kier molecular flexibility index (Phi) is 9.69. The van der Waals surface area contributed by atoms with E-state index in [9.17, 15) is 0 Å². The van der Waals surface area contributed by atoms with Crippen LogP contribution in [0.2, 0.25) is 0 Å². The van der Waals surface area contributed by atoms with Crippen LogP contribution in [0.4, 0.5) is 0 Å². The van der Waals surface area contributed by atoms with E-state index in [0.29, 0.717) is 0 Å².